The quantitative estimate of drug-likeness (QED) is 0.701. The first-order chi connectivity index (χ1) is 12.6. The number of esters is 1. The van der Waals surface area contributed by atoms with Crippen LogP contribution in [-0.2, 0) is 16.0 Å². The number of ether oxygens (including phenoxy) is 2. The van der Waals surface area contributed by atoms with Crippen molar-refractivity contribution >= 4 is 11.9 Å². The van der Waals surface area contributed by atoms with E-state index in [1.807, 2.05) is 37.3 Å². The van der Waals surface area contributed by atoms with Crippen LogP contribution in [0.1, 0.15) is 36.2 Å². The molecule has 1 N–H and O–H groups in total. The van der Waals surface area contributed by atoms with Crippen LogP contribution < -0.4 is 10.1 Å². The van der Waals surface area contributed by atoms with Crippen molar-refractivity contribution in [2.75, 3.05) is 13.2 Å². The minimum absolute atomic E-state index is 0.267. The summed E-state index contributed by atoms with van der Waals surface area (Å²) in [6.45, 7) is 4.68. The summed E-state index contributed by atoms with van der Waals surface area (Å²) in [5, 5.41) is 2.77. The van der Waals surface area contributed by atoms with Gasteiger partial charge in [0.2, 0.25) is 0 Å². The van der Waals surface area contributed by atoms with Crippen molar-refractivity contribution in [2.45, 2.75) is 32.7 Å². The second-order valence-corrected chi connectivity index (χ2v) is 5.84. The van der Waals surface area contributed by atoms with Crippen LogP contribution >= 0.6 is 0 Å². The summed E-state index contributed by atoms with van der Waals surface area (Å²) in [6, 6.07) is 15.7. The van der Waals surface area contributed by atoms with Gasteiger partial charge in [0, 0.05) is 12.0 Å². The van der Waals surface area contributed by atoms with E-state index in [2.05, 4.69) is 5.32 Å². The third-order valence-electron chi connectivity index (χ3n) is 3.75. The van der Waals surface area contributed by atoms with E-state index in [1.165, 1.54) is 0 Å². The molecule has 0 spiro atoms. The first-order valence-electron chi connectivity index (χ1n) is 8.88. The fourth-order valence-corrected chi connectivity index (χ4v) is 2.45. The van der Waals surface area contributed by atoms with Crippen LogP contribution in [0.3, 0.4) is 0 Å². The number of hydrogen-bond acceptors (Lipinski definition) is 4. The van der Waals surface area contributed by atoms with Crippen molar-refractivity contribution in [3.8, 4) is 5.75 Å². The van der Waals surface area contributed by atoms with Gasteiger partial charge in [0.05, 0.1) is 13.2 Å². The standard InChI is InChI=1S/C21H25NO4/c1-3-14-26-18-12-10-17(11-13-18)20(23)22-19(21(24)25-4-2)15-16-8-6-5-7-9-16/h5-13,19H,3-4,14-15H2,1-2H3,(H,22,23). The van der Waals surface area contributed by atoms with Crippen molar-refractivity contribution in [1.82, 2.24) is 5.32 Å². The average Bonchev–Trinajstić information content (AvgIpc) is 2.67. The van der Waals surface area contributed by atoms with Crippen LogP contribution in [-0.4, -0.2) is 31.1 Å². The molecule has 2 rings (SSSR count). The largest absolute Gasteiger partial charge is 0.494 e. The van der Waals surface area contributed by atoms with E-state index in [9.17, 15) is 9.59 Å². The molecule has 2 aromatic rings. The van der Waals surface area contributed by atoms with Gasteiger partial charge in [0.15, 0.2) is 0 Å². The minimum Gasteiger partial charge on any atom is -0.494 e. The number of carbonyl (C=O) groups excluding carboxylic acids is 2. The molecule has 1 unspecified atom stereocenters. The van der Waals surface area contributed by atoms with Crippen molar-refractivity contribution < 1.29 is 19.1 Å². The fourth-order valence-electron chi connectivity index (χ4n) is 2.45. The van der Waals surface area contributed by atoms with Gasteiger partial charge in [-0.3, -0.25) is 4.79 Å². The highest BCUT2D eigenvalue weighted by atomic mass is 16.5. The summed E-state index contributed by atoms with van der Waals surface area (Å²) in [6.07, 6.45) is 1.30. The molecule has 0 saturated carbocycles. The van der Waals surface area contributed by atoms with Crippen LogP contribution in [0.15, 0.2) is 54.6 Å². The van der Waals surface area contributed by atoms with Gasteiger partial charge in [-0.1, -0.05) is 37.3 Å². The lowest BCUT2D eigenvalue weighted by Crippen LogP contribution is -2.43. The molecule has 0 aliphatic carbocycles. The average molecular weight is 355 g/mol. The molecular weight excluding hydrogens is 330 g/mol. The van der Waals surface area contributed by atoms with E-state index >= 15 is 0 Å². The van der Waals surface area contributed by atoms with Gasteiger partial charge < -0.3 is 14.8 Å². The van der Waals surface area contributed by atoms with E-state index in [0.29, 0.717) is 18.6 Å². The third-order valence-corrected chi connectivity index (χ3v) is 3.75. The molecule has 0 saturated heterocycles. The highest BCUT2D eigenvalue weighted by Gasteiger charge is 2.23. The molecule has 0 bridgehead atoms. The van der Waals surface area contributed by atoms with Crippen molar-refractivity contribution in [3.05, 3.63) is 65.7 Å². The lowest BCUT2D eigenvalue weighted by atomic mass is 10.1. The Morgan fingerprint density at radius 2 is 1.69 bits per heavy atom. The van der Waals surface area contributed by atoms with Crippen molar-refractivity contribution in [3.63, 3.8) is 0 Å². The molecule has 0 fully saturated rings. The lowest BCUT2D eigenvalue weighted by Gasteiger charge is -2.17. The van der Waals surface area contributed by atoms with Crippen LogP contribution in [0.5, 0.6) is 5.75 Å². The molecule has 1 atom stereocenters. The Hall–Kier alpha value is -2.82. The zero-order chi connectivity index (χ0) is 18.8. The number of hydrogen-bond donors (Lipinski definition) is 1. The maximum Gasteiger partial charge on any atom is 0.328 e. The Morgan fingerprint density at radius 1 is 1.00 bits per heavy atom. The lowest BCUT2D eigenvalue weighted by molar-refractivity contribution is -0.145. The van der Waals surface area contributed by atoms with Gasteiger partial charge in [-0.15, -0.1) is 0 Å². The summed E-state index contributed by atoms with van der Waals surface area (Å²) in [5.74, 6) is -0.0387. The number of benzene rings is 2. The van der Waals surface area contributed by atoms with Crippen molar-refractivity contribution in [2.24, 2.45) is 0 Å². The topological polar surface area (TPSA) is 64.6 Å². The van der Waals surface area contributed by atoms with Gasteiger partial charge in [-0.2, -0.15) is 0 Å². The van der Waals surface area contributed by atoms with Gasteiger partial charge in [0.25, 0.3) is 5.91 Å². The maximum absolute atomic E-state index is 12.5. The molecule has 1 amide bonds. The zero-order valence-corrected chi connectivity index (χ0v) is 15.2. The molecule has 0 heterocycles. The van der Waals surface area contributed by atoms with Gasteiger partial charge >= 0.3 is 5.97 Å². The molecule has 0 radical (unpaired) electrons. The highest BCUT2D eigenvalue weighted by molar-refractivity contribution is 5.96. The monoisotopic (exact) mass is 355 g/mol. The Labute approximate surface area is 154 Å². The van der Waals surface area contributed by atoms with E-state index in [1.54, 1.807) is 31.2 Å². The summed E-state index contributed by atoms with van der Waals surface area (Å²) < 4.78 is 10.6. The first-order valence-corrected chi connectivity index (χ1v) is 8.88. The Morgan fingerprint density at radius 3 is 2.31 bits per heavy atom. The molecule has 26 heavy (non-hydrogen) atoms. The highest BCUT2D eigenvalue weighted by Crippen LogP contribution is 2.13. The summed E-state index contributed by atoms with van der Waals surface area (Å²) in [7, 11) is 0. The van der Waals surface area contributed by atoms with E-state index in [0.717, 1.165) is 17.7 Å². The molecule has 2 aromatic carbocycles. The van der Waals surface area contributed by atoms with Crippen LogP contribution in [0.25, 0.3) is 0 Å². The summed E-state index contributed by atoms with van der Waals surface area (Å²) in [4.78, 5) is 24.7. The van der Waals surface area contributed by atoms with Crippen LogP contribution in [0.4, 0.5) is 0 Å². The van der Waals surface area contributed by atoms with E-state index in [-0.39, 0.29) is 12.5 Å². The van der Waals surface area contributed by atoms with Gasteiger partial charge in [-0.25, -0.2) is 4.79 Å². The number of amides is 1. The van der Waals surface area contributed by atoms with Gasteiger partial charge in [0.1, 0.15) is 11.8 Å². The maximum atomic E-state index is 12.5. The SMILES string of the molecule is CCCOc1ccc(C(=O)NC(Cc2ccccc2)C(=O)OCC)cc1. The molecular formula is C21H25NO4. The molecule has 0 aromatic heterocycles. The normalized spacial score (nSPS) is 11.5. The van der Waals surface area contributed by atoms with Gasteiger partial charge in [-0.05, 0) is 43.2 Å². The Balaban J connectivity index is 2.06. The van der Waals surface area contributed by atoms with E-state index < -0.39 is 12.0 Å². The zero-order valence-electron chi connectivity index (χ0n) is 15.2. The molecule has 0 aliphatic rings. The summed E-state index contributed by atoms with van der Waals surface area (Å²) >= 11 is 0. The van der Waals surface area contributed by atoms with Crippen molar-refractivity contribution in [1.29, 1.82) is 0 Å². The predicted octanol–water partition coefficient (Wildman–Crippen LogP) is 3.38. The van der Waals surface area contributed by atoms with Crippen LogP contribution in [0, 0.1) is 0 Å². The summed E-state index contributed by atoms with van der Waals surface area (Å²) in [5.41, 5.74) is 1.42. The fraction of sp³-hybridized carbons (Fsp3) is 0.333. The Bertz CT molecular complexity index is 698. The molecule has 5 heteroatoms. The minimum atomic E-state index is -0.735. The molecule has 5 nitrogen and oxygen atoms in total. The smallest absolute Gasteiger partial charge is 0.328 e. The first kappa shape index (κ1) is 19.5. The second kappa shape index (κ2) is 10.2. The molecule has 0 aliphatic heterocycles. The van der Waals surface area contributed by atoms with Crippen LogP contribution in [0.2, 0.25) is 0 Å². The number of carbonyl (C=O) groups is 2. The Kier molecular flexibility index (Phi) is 7.68. The number of rotatable bonds is 9. The van der Waals surface area contributed by atoms with E-state index in [4.69, 9.17) is 9.47 Å². The third kappa shape index (κ3) is 5.92. The second-order valence-electron chi connectivity index (χ2n) is 5.84. The predicted molar refractivity (Wildman–Crippen MR) is 100 cm³/mol. The molecule has 138 valence electrons. The number of nitrogens with one attached hydrogen (secondary N) is 1.